The minimum atomic E-state index is -0.820. The number of piperazine rings is 1. The molecule has 1 aliphatic heterocycles. The second kappa shape index (κ2) is 13.5. The second-order valence-electron chi connectivity index (χ2n) is 9.50. The summed E-state index contributed by atoms with van der Waals surface area (Å²) in [6.07, 6.45) is 4.57. The molecule has 0 aliphatic carbocycles. The van der Waals surface area contributed by atoms with E-state index in [1.807, 2.05) is 0 Å². The predicted molar refractivity (Wildman–Crippen MR) is 142 cm³/mol. The van der Waals surface area contributed by atoms with Crippen LogP contribution in [0.4, 0.5) is 24.8 Å². The van der Waals surface area contributed by atoms with Gasteiger partial charge >= 0.3 is 0 Å². The lowest BCUT2D eigenvalue weighted by Gasteiger charge is -2.32. The molecule has 11 heteroatoms. The third-order valence-corrected chi connectivity index (χ3v) is 6.58. The van der Waals surface area contributed by atoms with Gasteiger partial charge in [-0.3, -0.25) is 0 Å². The van der Waals surface area contributed by atoms with E-state index in [0.29, 0.717) is 12.3 Å². The summed E-state index contributed by atoms with van der Waals surface area (Å²) in [5, 5.41) is 2.91. The maximum absolute atomic E-state index is 14.6. The Morgan fingerprint density at radius 1 is 0.923 bits per heavy atom. The quantitative estimate of drug-likeness (QED) is 0.321. The Kier molecular flexibility index (Phi) is 9.83. The molecule has 210 valence electrons. The van der Waals surface area contributed by atoms with E-state index in [1.165, 1.54) is 38.6 Å². The largest absolute Gasteiger partial charge is 0.494 e. The van der Waals surface area contributed by atoms with Gasteiger partial charge in [-0.2, -0.15) is 0 Å². The number of halogens is 3. The fourth-order valence-electron chi connectivity index (χ4n) is 4.21. The lowest BCUT2D eigenvalue weighted by Crippen LogP contribution is -2.44. The van der Waals surface area contributed by atoms with Crippen LogP contribution in [0.1, 0.15) is 24.0 Å². The van der Waals surface area contributed by atoms with Gasteiger partial charge in [-0.25, -0.2) is 23.1 Å². The fraction of sp³-hybridized carbons (Fsp3) is 0.429. The van der Waals surface area contributed by atoms with Crippen molar-refractivity contribution in [2.75, 3.05) is 58.8 Å². The van der Waals surface area contributed by atoms with Gasteiger partial charge in [0.05, 0.1) is 31.7 Å². The summed E-state index contributed by atoms with van der Waals surface area (Å²) in [5.41, 5.74) is 0.439. The number of nitrogens with zero attached hydrogens (tertiary/aromatic N) is 4. The number of likely N-dealkylation sites (N-methyl/N-ethyl adjacent to an activating group) is 1. The average molecular weight is 546 g/mol. The zero-order chi connectivity index (χ0) is 27.8. The van der Waals surface area contributed by atoms with Crippen LogP contribution in [0.25, 0.3) is 0 Å². The van der Waals surface area contributed by atoms with Crippen molar-refractivity contribution in [3.8, 4) is 17.2 Å². The number of benzene rings is 2. The number of anilines is 2. The van der Waals surface area contributed by atoms with E-state index in [1.54, 1.807) is 12.1 Å². The van der Waals surface area contributed by atoms with Crippen molar-refractivity contribution in [2.24, 2.45) is 0 Å². The molecule has 0 saturated carbocycles. The maximum atomic E-state index is 14.6. The molecule has 0 spiro atoms. The van der Waals surface area contributed by atoms with Crippen LogP contribution in [0.2, 0.25) is 0 Å². The summed E-state index contributed by atoms with van der Waals surface area (Å²) in [4.78, 5) is 13.0. The van der Waals surface area contributed by atoms with Crippen molar-refractivity contribution >= 4 is 11.6 Å². The van der Waals surface area contributed by atoms with Gasteiger partial charge in [0.1, 0.15) is 12.4 Å². The van der Waals surface area contributed by atoms with E-state index < -0.39 is 17.5 Å². The maximum Gasteiger partial charge on any atom is 0.227 e. The highest BCUT2D eigenvalue weighted by Gasteiger charge is 2.18. The smallest absolute Gasteiger partial charge is 0.227 e. The van der Waals surface area contributed by atoms with E-state index in [-0.39, 0.29) is 40.9 Å². The van der Waals surface area contributed by atoms with E-state index in [2.05, 4.69) is 32.1 Å². The first-order valence-corrected chi connectivity index (χ1v) is 12.9. The first-order chi connectivity index (χ1) is 18.8. The molecule has 1 fully saturated rings. The van der Waals surface area contributed by atoms with Gasteiger partial charge in [0.25, 0.3) is 0 Å². The zero-order valence-electron chi connectivity index (χ0n) is 22.5. The van der Waals surface area contributed by atoms with Crippen molar-refractivity contribution in [1.82, 2.24) is 19.8 Å². The normalized spacial score (nSPS) is 14.3. The Morgan fingerprint density at radius 2 is 1.67 bits per heavy atom. The molecule has 2 aromatic carbocycles. The fourth-order valence-corrected chi connectivity index (χ4v) is 4.21. The van der Waals surface area contributed by atoms with Crippen LogP contribution in [0.15, 0.2) is 36.7 Å². The molecule has 0 unspecified atom stereocenters. The molecule has 0 atom stereocenters. The van der Waals surface area contributed by atoms with Crippen LogP contribution in [-0.2, 0) is 6.61 Å². The van der Waals surface area contributed by atoms with Crippen molar-refractivity contribution in [3.63, 3.8) is 0 Å². The number of methoxy groups -OCH3 is 1. The summed E-state index contributed by atoms with van der Waals surface area (Å²) < 4.78 is 59.4. The molecule has 1 aromatic heterocycles. The molecule has 4 rings (SSSR count). The van der Waals surface area contributed by atoms with Gasteiger partial charge in [-0.1, -0.05) is 0 Å². The van der Waals surface area contributed by atoms with Gasteiger partial charge in [0.15, 0.2) is 28.9 Å². The molecule has 39 heavy (non-hydrogen) atoms. The summed E-state index contributed by atoms with van der Waals surface area (Å²) in [6.45, 7) is 6.99. The number of unbranched alkanes of at least 4 members (excludes halogenated alkanes) is 1. The van der Waals surface area contributed by atoms with Gasteiger partial charge in [-0.05, 0) is 57.1 Å². The monoisotopic (exact) mass is 545 g/mol. The standard InChI is InChI=1S/C28H34F3N5O3/c1-19-14-25(37-3)27(31)22(26(19)30)18-39-21-16-32-28(33-17-21)34-20-6-7-24(23(29)15-20)38-13-5-4-8-36-11-9-35(2)10-12-36/h6-7,14-17H,4-5,8-13,18H2,1-3H3,(H,32,33,34). The SMILES string of the molecule is COc1cc(C)c(F)c(COc2cnc(Nc3ccc(OCCCCN4CCN(C)CC4)c(F)c3)nc2)c1F. The molecular weight excluding hydrogens is 511 g/mol. The third kappa shape index (κ3) is 7.73. The highest BCUT2D eigenvalue weighted by Crippen LogP contribution is 2.28. The Hall–Kier alpha value is -3.57. The average Bonchev–Trinajstić information content (AvgIpc) is 2.93. The number of nitrogens with one attached hydrogen (secondary N) is 1. The summed E-state index contributed by atoms with van der Waals surface area (Å²) in [7, 11) is 3.45. The summed E-state index contributed by atoms with van der Waals surface area (Å²) >= 11 is 0. The van der Waals surface area contributed by atoms with Crippen molar-refractivity contribution < 1.29 is 27.4 Å². The van der Waals surface area contributed by atoms with E-state index in [0.717, 1.165) is 45.6 Å². The van der Waals surface area contributed by atoms with Crippen LogP contribution in [-0.4, -0.2) is 73.3 Å². The molecule has 2 heterocycles. The number of aromatic nitrogens is 2. The van der Waals surface area contributed by atoms with Crippen LogP contribution in [0.5, 0.6) is 17.2 Å². The first kappa shape index (κ1) is 28.4. The van der Waals surface area contributed by atoms with Crippen molar-refractivity contribution in [2.45, 2.75) is 26.4 Å². The Bertz CT molecular complexity index is 1240. The number of ether oxygens (including phenoxy) is 3. The summed E-state index contributed by atoms with van der Waals surface area (Å²) in [5.74, 6) is -1.47. The number of aryl methyl sites for hydroxylation is 1. The van der Waals surface area contributed by atoms with Crippen LogP contribution in [0.3, 0.4) is 0 Å². The first-order valence-electron chi connectivity index (χ1n) is 12.9. The van der Waals surface area contributed by atoms with Gasteiger partial charge in [0, 0.05) is 37.9 Å². The summed E-state index contributed by atoms with van der Waals surface area (Å²) in [6, 6.07) is 5.83. The molecule has 1 saturated heterocycles. The highest BCUT2D eigenvalue weighted by atomic mass is 19.1. The van der Waals surface area contributed by atoms with E-state index in [9.17, 15) is 13.2 Å². The van der Waals surface area contributed by atoms with E-state index in [4.69, 9.17) is 14.2 Å². The Balaban J connectivity index is 1.23. The van der Waals surface area contributed by atoms with Crippen molar-refractivity contribution in [1.29, 1.82) is 0 Å². The molecule has 1 aliphatic rings. The van der Waals surface area contributed by atoms with Gasteiger partial charge < -0.3 is 29.3 Å². The Morgan fingerprint density at radius 3 is 2.36 bits per heavy atom. The molecule has 0 radical (unpaired) electrons. The minimum Gasteiger partial charge on any atom is -0.494 e. The highest BCUT2D eigenvalue weighted by molar-refractivity contribution is 5.55. The van der Waals surface area contributed by atoms with Crippen LogP contribution >= 0.6 is 0 Å². The predicted octanol–water partition coefficient (Wildman–Crippen LogP) is 4.94. The second-order valence-corrected chi connectivity index (χ2v) is 9.50. The van der Waals surface area contributed by atoms with Crippen molar-refractivity contribution in [3.05, 3.63) is 65.2 Å². The molecular formula is C28H34F3N5O3. The minimum absolute atomic E-state index is 0.0619. The lowest BCUT2D eigenvalue weighted by atomic mass is 10.1. The molecule has 0 bridgehead atoms. The third-order valence-electron chi connectivity index (χ3n) is 6.58. The molecule has 0 amide bonds. The topological polar surface area (TPSA) is 72.0 Å². The Labute approximate surface area is 226 Å². The molecule has 3 aromatic rings. The number of rotatable bonds is 12. The van der Waals surface area contributed by atoms with Crippen LogP contribution in [0, 0.1) is 24.4 Å². The lowest BCUT2D eigenvalue weighted by molar-refractivity contribution is 0.149. The van der Waals surface area contributed by atoms with Gasteiger partial charge in [0.2, 0.25) is 5.95 Å². The van der Waals surface area contributed by atoms with Gasteiger partial charge in [-0.15, -0.1) is 0 Å². The molecule has 1 N–H and O–H groups in total. The number of hydrogen-bond donors (Lipinski definition) is 1. The van der Waals surface area contributed by atoms with Crippen LogP contribution < -0.4 is 19.5 Å². The number of hydrogen-bond acceptors (Lipinski definition) is 8. The zero-order valence-corrected chi connectivity index (χ0v) is 22.5. The van der Waals surface area contributed by atoms with E-state index >= 15 is 0 Å². The molecule has 8 nitrogen and oxygen atoms in total.